The van der Waals surface area contributed by atoms with Crippen LogP contribution in [0.15, 0.2) is 35.6 Å². The van der Waals surface area contributed by atoms with Gasteiger partial charge in [-0.15, -0.1) is 0 Å². The van der Waals surface area contributed by atoms with Crippen LogP contribution in [-0.2, 0) is 0 Å². The van der Waals surface area contributed by atoms with Crippen LogP contribution in [0.4, 0.5) is 0 Å². The number of nitrogens with one attached hydrogen (secondary N) is 2. The molecule has 74 valence electrons. The second-order valence-corrected chi connectivity index (χ2v) is 2.72. The highest BCUT2D eigenvalue weighted by molar-refractivity contribution is 5.33. The molecule has 2 nitrogen and oxygen atoms in total. The van der Waals surface area contributed by atoms with Gasteiger partial charge in [0.15, 0.2) is 0 Å². The Labute approximate surface area is 81.4 Å². The van der Waals surface area contributed by atoms with Gasteiger partial charge in [-0.3, -0.25) is 0 Å². The van der Waals surface area contributed by atoms with Crippen LogP contribution in [0, 0.1) is 0 Å². The van der Waals surface area contributed by atoms with E-state index in [-0.39, 0.29) is 0 Å². The van der Waals surface area contributed by atoms with Crippen molar-refractivity contribution < 1.29 is 0 Å². The molecule has 1 rings (SSSR count). The van der Waals surface area contributed by atoms with Crippen molar-refractivity contribution in [3.8, 4) is 0 Å². The molecule has 13 heavy (non-hydrogen) atoms. The highest BCUT2D eigenvalue weighted by atomic mass is 15.4. The fraction of sp³-hybridized carbons (Fsp3) is 0.455. The lowest BCUT2D eigenvalue weighted by Crippen LogP contribution is -2.22. The SMILES string of the molecule is C=C/C(C)=C\C1=C(C)NNC1.CC. The van der Waals surface area contributed by atoms with Crippen LogP contribution < -0.4 is 10.9 Å². The van der Waals surface area contributed by atoms with Gasteiger partial charge in [-0.2, -0.15) is 0 Å². The molecule has 0 amide bonds. The fourth-order valence-electron chi connectivity index (χ4n) is 0.978. The van der Waals surface area contributed by atoms with E-state index in [9.17, 15) is 0 Å². The summed E-state index contributed by atoms with van der Waals surface area (Å²) in [7, 11) is 0. The zero-order valence-corrected chi connectivity index (χ0v) is 9.07. The molecule has 0 radical (unpaired) electrons. The van der Waals surface area contributed by atoms with E-state index >= 15 is 0 Å². The molecule has 0 bridgehead atoms. The van der Waals surface area contributed by atoms with Crippen molar-refractivity contribution in [3.05, 3.63) is 35.6 Å². The van der Waals surface area contributed by atoms with Crippen molar-refractivity contribution in [2.75, 3.05) is 6.54 Å². The average molecular weight is 180 g/mol. The van der Waals surface area contributed by atoms with Crippen LogP contribution in [0.5, 0.6) is 0 Å². The predicted molar refractivity (Wildman–Crippen MR) is 59.1 cm³/mol. The van der Waals surface area contributed by atoms with E-state index in [2.05, 4.69) is 30.4 Å². The average Bonchev–Trinajstić information content (AvgIpc) is 2.55. The van der Waals surface area contributed by atoms with Crippen LogP contribution in [0.3, 0.4) is 0 Å². The van der Waals surface area contributed by atoms with Crippen LogP contribution in [0.1, 0.15) is 27.7 Å². The molecule has 1 heterocycles. The number of allylic oxidation sites excluding steroid dienone is 3. The van der Waals surface area contributed by atoms with Crippen LogP contribution in [0.2, 0.25) is 0 Å². The Morgan fingerprint density at radius 3 is 2.46 bits per heavy atom. The Morgan fingerprint density at radius 2 is 2.08 bits per heavy atom. The van der Waals surface area contributed by atoms with Gasteiger partial charge < -0.3 is 5.43 Å². The summed E-state index contributed by atoms with van der Waals surface area (Å²) < 4.78 is 0. The van der Waals surface area contributed by atoms with E-state index in [0.29, 0.717) is 0 Å². The maximum Gasteiger partial charge on any atom is 0.0416 e. The van der Waals surface area contributed by atoms with Crippen LogP contribution in [-0.4, -0.2) is 6.54 Å². The summed E-state index contributed by atoms with van der Waals surface area (Å²) in [4.78, 5) is 0. The van der Waals surface area contributed by atoms with Crippen molar-refractivity contribution in [3.63, 3.8) is 0 Å². The molecule has 0 aromatic rings. The third-order valence-corrected chi connectivity index (χ3v) is 1.76. The summed E-state index contributed by atoms with van der Waals surface area (Å²) in [5.41, 5.74) is 9.81. The molecule has 0 aromatic carbocycles. The van der Waals surface area contributed by atoms with Gasteiger partial charge in [0.05, 0.1) is 0 Å². The van der Waals surface area contributed by atoms with Gasteiger partial charge in [0.1, 0.15) is 0 Å². The molecular weight excluding hydrogens is 160 g/mol. The standard InChI is InChI=1S/C9H14N2.C2H6/c1-4-7(2)5-9-6-10-11-8(9)3;1-2/h4-5,10-11H,1,6H2,2-3H3;1-2H3/b7-5-;. The molecule has 0 saturated heterocycles. The summed E-state index contributed by atoms with van der Waals surface area (Å²) in [5, 5.41) is 0. The quantitative estimate of drug-likeness (QED) is 0.638. The molecule has 0 atom stereocenters. The highest BCUT2D eigenvalue weighted by Gasteiger charge is 2.05. The smallest absolute Gasteiger partial charge is 0.0416 e. The molecule has 1 aliphatic heterocycles. The molecule has 0 saturated carbocycles. The van der Waals surface area contributed by atoms with Gasteiger partial charge in [-0.1, -0.05) is 38.2 Å². The van der Waals surface area contributed by atoms with Crippen molar-refractivity contribution in [1.29, 1.82) is 0 Å². The summed E-state index contributed by atoms with van der Waals surface area (Å²) in [6.07, 6.45) is 3.99. The Kier molecular flexibility index (Phi) is 5.98. The minimum absolute atomic E-state index is 0.900. The molecule has 0 aromatic heterocycles. The number of hydrogen-bond acceptors (Lipinski definition) is 2. The summed E-state index contributed by atoms with van der Waals surface area (Å²) in [6.45, 7) is 12.7. The van der Waals surface area contributed by atoms with E-state index in [0.717, 1.165) is 6.54 Å². The minimum Gasteiger partial charge on any atom is -0.325 e. The van der Waals surface area contributed by atoms with E-state index in [1.165, 1.54) is 16.8 Å². The minimum atomic E-state index is 0.900. The lowest BCUT2D eigenvalue weighted by atomic mass is 10.1. The zero-order valence-electron chi connectivity index (χ0n) is 9.07. The molecule has 1 aliphatic rings. The Bertz CT molecular complexity index is 224. The fourth-order valence-corrected chi connectivity index (χ4v) is 0.978. The van der Waals surface area contributed by atoms with Crippen LogP contribution >= 0.6 is 0 Å². The number of hydrogen-bond donors (Lipinski definition) is 2. The molecule has 2 N–H and O–H groups in total. The number of rotatable bonds is 2. The molecular formula is C11H20N2. The molecule has 2 heteroatoms. The third-order valence-electron chi connectivity index (χ3n) is 1.76. The topological polar surface area (TPSA) is 24.1 Å². The first-order valence-electron chi connectivity index (χ1n) is 4.73. The first-order valence-corrected chi connectivity index (χ1v) is 4.73. The van der Waals surface area contributed by atoms with E-state index in [1.807, 2.05) is 26.8 Å². The normalized spacial score (nSPS) is 16.2. The predicted octanol–water partition coefficient (Wildman–Crippen LogP) is 2.53. The summed E-state index contributed by atoms with van der Waals surface area (Å²) in [6, 6.07) is 0. The monoisotopic (exact) mass is 180 g/mol. The first-order chi connectivity index (χ1) is 6.24. The second kappa shape index (κ2) is 6.49. The molecule has 0 aliphatic carbocycles. The Balaban J connectivity index is 0.000000671. The van der Waals surface area contributed by atoms with E-state index in [1.54, 1.807) is 0 Å². The van der Waals surface area contributed by atoms with Crippen LogP contribution in [0.25, 0.3) is 0 Å². The van der Waals surface area contributed by atoms with Crippen molar-refractivity contribution in [2.24, 2.45) is 0 Å². The lowest BCUT2D eigenvalue weighted by Gasteiger charge is -1.94. The van der Waals surface area contributed by atoms with E-state index < -0.39 is 0 Å². The third kappa shape index (κ3) is 3.95. The first kappa shape index (κ1) is 12.0. The molecule has 0 fully saturated rings. The van der Waals surface area contributed by atoms with Gasteiger partial charge in [0.25, 0.3) is 0 Å². The van der Waals surface area contributed by atoms with Crippen molar-refractivity contribution >= 4 is 0 Å². The lowest BCUT2D eigenvalue weighted by molar-refractivity contribution is 0.698. The number of hydrazine groups is 1. The largest absolute Gasteiger partial charge is 0.325 e. The molecule has 0 spiro atoms. The Hall–Kier alpha value is -1.02. The molecule has 0 unspecified atom stereocenters. The maximum absolute atomic E-state index is 3.70. The zero-order chi connectivity index (χ0) is 10.3. The van der Waals surface area contributed by atoms with E-state index in [4.69, 9.17) is 0 Å². The highest BCUT2D eigenvalue weighted by Crippen LogP contribution is 2.09. The van der Waals surface area contributed by atoms with Crippen molar-refractivity contribution in [2.45, 2.75) is 27.7 Å². The van der Waals surface area contributed by atoms with Gasteiger partial charge in [0.2, 0.25) is 0 Å². The Morgan fingerprint density at radius 1 is 1.46 bits per heavy atom. The van der Waals surface area contributed by atoms with Crippen molar-refractivity contribution in [1.82, 2.24) is 10.9 Å². The summed E-state index contributed by atoms with van der Waals surface area (Å²) in [5.74, 6) is 0. The van der Waals surface area contributed by atoms with Gasteiger partial charge in [-0.05, 0) is 19.4 Å². The second-order valence-electron chi connectivity index (χ2n) is 2.72. The van der Waals surface area contributed by atoms with Gasteiger partial charge in [0, 0.05) is 12.2 Å². The van der Waals surface area contributed by atoms with Gasteiger partial charge in [-0.25, -0.2) is 5.43 Å². The summed E-state index contributed by atoms with van der Waals surface area (Å²) >= 11 is 0. The van der Waals surface area contributed by atoms with Gasteiger partial charge >= 0.3 is 0 Å². The maximum atomic E-state index is 3.70.